The number of benzene rings is 1. The highest BCUT2D eigenvalue weighted by Gasteiger charge is 2.08. The molecule has 1 amide bonds. The Labute approximate surface area is 143 Å². The van der Waals surface area contributed by atoms with Crippen molar-refractivity contribution in [3.63, 3.8) is 0 Å². The van der Waals surface area contributed by atoms with E-state index < -0.39 is 0 Å². The van der Waals surface area contributed by atoms with Crippen LogP contribution < -0.4 is 15.4 Å². The monoisotopic (exact) mass is 327 g/mol. The van der Waals surface area contributed by atoms with Crippen molar-refractivity contribution in [1.82, 2.24) is 4.98 Å². The van der Waals surface area contributed by atoms with Crippen molar-refractivity contribution in [2.45, 2.75) is 46.3 Å². The maximum absolute atomic E-state index is 12.2. The van der Waals surface area contributed by atoms with E-state index in [1.807, 2.05) is 44.2 Å². The minimum atomic E-state index is -0.234. The third kappa shape index (κ3) is 5.26. The van der Waals surface area contributed by atoms with E-state index in [4.69, 9.17) is 4.74 Å². The van der Waals surface area contributed by atoms with Crippen molar-refractivity contribution in [3.05, 3.63) is 48.3 Å². The molecule has 0 fully saturated rings. The van der Waals surface area contributed by atoms with Crippen LogP contribution in [-0.2, 0) is 0 Å². The highest BCUT2D eigenvalue weighted by Crippen LogP contribution is 2.17. The molecule has 1 unspecified atom stereocenters. The summed E-state index contributed by atoms with van der Waals surface area (Å²) in [5.74, 6) is 0.546. The maximum Gasteiger partial charge on any atom is 0.274 e. The molecule has 0 aliphatic carbocycles. The van der Waals surface area contributed by atoms with E-state index in [1.165, 1.54) is 0 Å². The van der Waals surface area contributed by atoms with Crippen molar-refractivity contribution in [2.24, 2.45) is 0 Å². The minimum Gasteiger partial charge on any atom is -0.491 e. The standard InChI is InChI=1S/C19H25N3O2/c1-5-14(4)21-16-8-11-18(20-12-16)19(23)22-15-6-9-17(10-7-15)24-13(2)3/h6-14,21H,5H2,1-4H3,(H,22,23). The van der Waals surface area contributed by atoms with E-state index in [0.717, 1.165) is 17.9 Å². The topological polar surface area (TPSA) is 63.2 Å². The number of carbonyl (C=O) groups excluding carboxylic acids is 1. The number of hydrogen-bond donors (Lipinski definition) is 2. The summed E-state index contributed by atoms with van der Waals surface area (Å²) in [4.78, 5) is 16.5. The lowest BCUT2D eigenvalue weighted by Crippen LogP contribution is -2.16. The van der Waals surface area contributed by atoms with Gasteiger partial charge in [0, 0.05) is 11.7 Å². The molecular weight excluding hydrogens is 302 g/mol. The van der Waals surface area contributed by atoms with E-state index in [0.29, 0.717) is 17.4 Å². The average molecular weight is 327 g/mol. The third-order valence-electron chi connectivity index (χ3n) is 3.51. The van der Waals surface area contributed by atoms with Crippen LogP contribution in [0, 0.1) is 0 Å². The van der Waals surface area contributed by atoms with Gasteiger partial charge in [-0.3, -0.25) is 4.79 Å². The van der Waals surface area contributed by atoms with E-state index in [-0.39, 0.29) is 12.0 Å². The number of ether oxygens (including phenoxy) is 1. The van der Waals surface area contributed by atoms with Gasteiger partial charge in [-0.2, -0.15) is 0 Å². The van der Waals surface area contributed by atoms with Crippen LogP contribution in [0.25, 0.3) is 0 Å². The summed E-state index contributed by atoms with van der Waals surface area (Å²) in [6, 6.07) is 11.3. The Hall–Kier alpha value is -2.56. The molecule has 5 heteroatoms. The summed E-state index contributed by atoms with van der Waals surface area (Å²) in [7, 11) is 0. The van der Waals surface area contributed by atoms with Gasteiger partial charge in [-0.1, -0.05) is 6.92 Å². The number of anilines is 2. The number of aromatic nitrogens is 1. The molecule has 2 rings (SSSR count). The second-order valence-electron chi connectivity index (χ2n) is 6.03. The van der Waals surface area contributed by atoms with Crippen LogP contribution in [0.5, 0.6) is 5.75 Å². The van der Waals surface area contributed by atoms with Crippen molar-refractivity contribution >= 4 is 17.3 Å². The number of nitrogens with one attached hydrogen (secondary N) is 2. The fraction of sp³-hybridized carbons (Fsp3) is 0.368. The first-order valence-electron chi connectivity index (χ1n) is 8.28. The number of amides is 1. The Kier molecular flexibility index (Phi) is 6.18. The highest BCUT2D eigenvalue weighted by atomic mass is 16.5. The van der Waals surface area contributed by atoms with Crippen LogP contribution in [0.1, 0.15) is 44.6 Å². The molecule has 0 aliphatic heterocycles. The second-order valence-corrected chi connectivity index (χ2v) is 6.03. The third-order valence-corrected chi connectivity index (χ3v) is 3.51. The summed E-state index contributed by atoms with van der Waals surface area (Å²) in [6.07, 6.45) is 2.83. The van der Waals surface area contributed by atoms with Gasteiger partial charge in [0.1, 0.15) is 11.4 Å². The van der Waals surface area contributed by atoms with Gasteiger partial charge in [-0.05, 0) is 63.6 Å². The Morgan fingerprint density at radius 1 is 1.08 bits per heavy atom. The van der Waals surface area contributed by atoms with Crippen LogP contribution in [0.15, 0.2) is 42.6 Å². The Balaban J connectivity index is 1.96. The first-order chi connectivity index (χ1) is 11.5. The zero-order valence-electron chi connectivity index (χ0n) is 14.7. The van der Waals surface area contributed by atoms with Crippen molar-refractivity contribution < 1.29 is 9.53 Å². The van der Waals surface area contributed by atoms with E-state index >= 15 is 0 Å². The first-order valence-corrected chi connectivity index (χ1v) is 8.28. The predicted molar refractivity (Wildman–Crippen MR) is 97.8 cm³/mol. The van der Waals surface area contributed by atoms with Gasteiger partial charge in [0.2, 0.25) is 0 Å². The molecular formula is C19H25N3O2. The summed E-state index contributed by atoms with van der Waals surface area (Å²) < 4.78 is 5.58. The quantitative estimate of drug-likeness (QED) is 0.794. The Morgan fingerprint density at radius 3 is 2.29 bits per heavy atom. The van der Waals surface area contributed by atoms with Crippen molar-refractivity contribution in [1.29, 1.82) is 0 Å². The lowest BCUT2D eigenvalue weighted by atomic mass is 10.2. The zero-order chi connectivity index (χ0) is 17.5. The molecule has 0 spiro atoms. The average Bonchev–Trinajstić information content (AvgIpc) is 2.56. The number of carbonyl (C=O) groups is 1. The van der Waals surface area contributed by atoms with Gasteiger partial charge >= 0.3 is 0 Å². The molecule has 0 aliphatic rings. The molecule has 1 aromatic heterocycles. The number of nitrogens with zero attached hydrogens (tertiary/aromatic N) is 1. The van der Waals surface area contributed by atoms with Crippen LogP contribution in [0.3, 0.4) is 0 Å². The van der Waals surface area contributed by atoms with Crippen molar-refractivity contribution in [2.75, 3.05) is 10.6 Å². The van der Waals surface area contributed by atoms with Gasteiger partial charge in [0.25, 0.3) is 5.91 Å². The minimum absolute atomic E-state index is 0.122. The molecule has 0 radical (unpaired) electrons. The molecule has 0 bridgehead atoms. The van der Waals surface area contributed by atoms with E-state index in [9.17, 15) is 4.79 Å². The fourth-order valence-electron chi connectivity index (χ4n) is 2.08. The zero-order valence-corrected chi connectivity index (χ0v) is 14.7. The lowest BCUT2D eigenvalue weighted by molar-refractivity contribution is 0.102. The molecule has 0 saturated heterocycles. The maximum atomic E-state index is 12.2. The normalized spacial score (nSPS) is 11.9. The van der Waals surface area contributed by atoms with Gasteiger partial charge in [0.15, 0.2) is 0 Å². The van der Waals surface area contributed by atoms with Crippen molar-refractivity contribution in [3.8, 4) is 5.75 Å². The van der Waals surface area contributed by atoms with Gasteiger partial charge in [-0.15, -0.1) is 0 Å². The van der Waals surface area contributed by atoms with Gasteiger partial charge in [0.05, 0.1) is 18.0 Å². The summed E-state index contributed by atoms with van der Waals surface area (Å²) >= 11 is 0. The summed E-state index contributed by atoms with van der Waals surface area (Å²) in [5.41, 5.74) is 2.00. The van der Waals surface area contributed by atoms with E-state index in [1.54, 1.807) is 12.3 Å². The molecule has 1 aromatic carbocycles. The SMILES string of the molecule is CCC(C)Nc1ccc(C(=O)Nc2ccc(OC(C)C)cc2)nc1. The highest BCUT2D eigenvalue weighted by molar-refractivity contribution is 6.02. The van der Waals surface area contributed by atoms with E-state index in [2.05, 4.69) is 29.5 Å². The number of pyridine rings is 1. The Morgan fingerprint density at radius 2 is 1.75 bits per heavy atom. The summed E-state index contributed by atoms with van der Waals surface area (Å²) in [6.45, 7) is 8.17. The van der Waals surface area contributed by atoms with Crippen LogP contribution in [0.4, 0.5) is 11.4 Å². The molecule has 1 heterocycles. The van der Waals surface area contributed by atoms with Crippen LogP contribution in [0.2, 0.25) is 0 Å². The van der Waals surface area contributed by atoms with Crippen LogP contribution >= 0.6 is 0 Å². The molecule has 24 heavy (non-hydrogen) atoms. The predicted octanol–water partition coefficient (Wildman–Crippen LogP) is 4.33. The molecule has 128 valence electrons. The largest absolute Gasteiger partial charge is 0.491 e. The van der Waals surface area contributed by atoms with Gasteiger partial charge < -0.3 is 15.4 Å². The lowest BCUT2D eigenvalue weighted by Gasteiger charge is -2.13. The number of hydrogen-bond acceptors (Lipinski definition) is 4. The first kappa shape index (κ1) is 17.8. The van der Waals surface area contributed by atoms with Crippen LogP contribution in [-0.4, -0.2) is 23.0 Å². The number of rotatable bonds is 7. The fourth-order valence-corrected chi connectivity index (χ4v) is 2.08. The molecule has 1 atom stereocenters. The Bertz CT molecular complexity index is 651. The molecule has 5 nitrogen and oxygen atoms in total. The molecule has 0 saturated carbocycles. The summed E-state index contributed by atoms with van der Waals surface area (Å²) in [5, 5.41) is 6.15. The molecule has 2 aromatic rings. The van der Waals surface area contributed by atoms with Gasteiger partial charge in [-0.25, -0.2) is 4.98 Å². The second kappa shape index (κ2) is 8.34. The smallest absolute Gasteiger partial charge is 0.274 e. The molecule has 2 N–H and O–H groups in total.